The summed E-state index contributed by atoms with van der Waals surface area (Å²) in [5.74, 6) is -0.509. The molecule has 0 aliphatic carbocycles. The van der Waals surface area contributed by atoms with E-state index >= 15 is 0 Å². The van der Waals surface area contributed by atoms with E-state index in [0.717, 1.165) is 5.69 Å². The van der Waals surface area contributed by atoms with E-state index in [1.807, 2.05) is 5.38 Å². The first-order chi connectivity index (χ1) is 6.81. The molecule has 0 unspecified atom stereocenters. The zero-order chi connectivity index (χ0) is 9.97. The van der Waals surface area contributed by atoms with Crippen molar-refractivity contribution in [2.24, 2.45) is 0 Å². The van der Waals surface area contributed by atoms with Crippen LogP contribution in [0.25, 0.3) is 11.3 Å². The lowest BCUT2D eigenvalue weighted by molar-refractivity contribution is 0.112. The molecule has 1 heterocycles. The van der Waals surface area contributed by atoms with E-state index in [0.29, 0.717) is 11.8 Å². The smallest absolute Gasteiger partial charge is 0.152 e. The van der Waals surface area contributed by atoms with Gasteiger partial charge in [-0.05, 0) is 12.1 Å². The Labute approximate surface area is 84.0 Å². The van der Waals surface area contributed by atoms with Crippen LogP contribution in [-0.4, -0.2) is 11.3 Å². The summed E-state index contributed by atoms with van der Waals surface area (Å²) >= 11 is 1.45. The minimum absolute atomic E-state index is 0.0731. The van der Waals surface area contributed by atoms with E-state index in [2.05, 4.69) is 4.98 Å². The van der Waals surface area contributed by atoms with Crippen LogP contribution in [0.15, 0.2) is 29.1 Å². The second-order valence-corrected chi connectivity index (χ2v) is 3.45. The molecule has 1 aromatic carbocycles. The highest BCUT2D eigenvalue weighted by Gasteiger charge is 2.04. The number of thiazole rings is 1. The highest BCUT2D eigenvalue weighted by molar-refractivity contribution is 7.07. The number of hydrogen-bond donors (Lipinski definition) is 0. The van der Waals surface area contributed by atoms with Crippen molar-refractivity contribution in [3.05, 3.63) is 40.5 Å². The molecular weight excluding hydrogens is 201 g/mol. The quantitative estimate of drug-likeness (QED) is 0.709. The van der Waals surface area contributed by atoms with Crippen LogP contribution in [0.4, 0.5) is 4.39 Å². The molecule has 0 aliphatic heterocycles. The Morgan fingerprint density at radius 1 is 1.43 bits per heavy atom. The van der Waals surface area contributed by atoms with E-state index in [1.54, 1.807) is 11.6 Å². The summed E-state index contributed by atoms with van der Waals surface area (Å²) in [5, 5.41) is 1.83. The Bertz CT molecular complexity index is 453. The fourth-order valence-corrected chi connectivity index (χ4v) is 1.70. The fourth-order valence-electron chi connectivity index (χ4n) is 1.14. The van der Waals surface area contributed by atoms with Gasteiger partial charge in [0.25, 0.3) is 0 Å². The summed E-state index contributed by atoms with van der Waals surface area (Å²) in [5.41, 5.74) is 3.17. The molecule has 4 heteroatoms. The van der Waals surface area contributed by atoms with Crippen molar-refractivity contribution in [2.75, 3.05) is 0 Å². The molecule has 70 valence electrons. The Hall–Kier alpha value is -1.55. The summed E-state index contributed by atoms with van der Waals surface area (Å²) in [6, 6.07) is 4.46. The van der Waals surface area contributed by atoms with Crippen LogP contribution in [-0.2, 0) is 0 Å². The second-order valence-electron chi connectivity index (χ2n) is 2.73. The first-order valence-electron chi connectivity index (χ1n) is 3.94. The van der Waals surface area contributed by atoms with Crippen LogP contribution in [0.3, 0.4) is 0 Å². The molecule has 0 saturated heterocycles. The number of halogens is 1. The monoisotopic (exact) mass is 207 g/mol. The molecule has 0 radical (unpaired) electrons. The number of carbonyl (C=O) groups is 1. The Morgan fingerprint density at radius 3 is 2.86 bits per heavy atom. The average Bonchev–Trinajstić information content (AvgIpc) is 2.70. The molecule has 0 atom stereocenters. The van der Waals surface area contributed by atoms with Gasteiger partial charge in [-0.15, -0.1) is 11.3 Å². The van der Waals surface area contributed by atoms with Crippen molar-refractivity contribution < 1.29 is 9.18 Å². The van der Waals surface area contributed by atoms with Crippen molar-refractivity contribution >= 4 is 17.6 Å². The number of hydrogen-bond acceptors (Lipinski definition) is 3. The number of benzene rings is 1. The van der Waals surface area contributed by atoms with Crippen LogP contribution >= 0.6 is 11.3 Å². The minimum Gasteiger partial charge on any atom is -0.298 e. The van der Waals surface area contributed by atoms with Gasteiger partial charge in [-0.1, -0.05) is 6.07 Å². The van der Waals surface area contributed by atoms with Crippen molar-refractivity contribution in [1.82, 2.24) is 4.98 Å². The summed E-state index contributed by atoms with van der Waals surface area (Å²) in [6.07, 6.45) is 0.500. The molecule has 0 spiro atoms. The average molecular weight is 207 g/mol. The number of carbonyl (C=O) groups excluding carboxylic acids is 1. The molecule has 2 rings (SSSR count). The standard InChI is InChI=1S/C10H6FNOS/c11-9-3-7(1-2-8(9)4-13)10-5-14-6-12-10/h1-6H. The highest BCUT2D eigenvalue weighted by Crippen LogP contribution is 2.20. The van der Waals surface area contributed by atoms with E-state index in [1.165, 1.54) is 23.5 Å². The van der Waals surface area contributed by atoms with Crippen LogP contribution in [0.5, 0.6) is 0 Å². The van der Waals surface area contributed by atoms with Crippen LogP contribution < -0.4 is 0 Å². The predicted molar refractivity (Wildman–Crippen MR) is 52.9 cm³/mol. The van der Waals surface area contributed by atoms with Gasteiger partial charge in [0.15, 0.2) is 6.29 Å². The maximum atomic E-state index is 13.2. The third kappa shape index (κ3) is 1.56. The third-order valence-electron chi connectivity index (χ3n) is 1.86. The lowest BCUT2D eigenvalue weighted by Gasteiger charge is -1.98. The number of aromatic nitrogens is 1. The van der Waals surface area contributed by atoms with Crippen LogP contribution in [0, 0.1) is 5.82 Å². The van der Waals surface area contributed by atoms with Gasteiger partial charge >= 0.3 is 0 Å². The molecule has 0 fully saturated rings. The van der Waals surface area contributed by atoms with E-state index in [4.69, 9.17) is 0 Å². The van der Waals surface area contributed by atoms with Gasteiger partial charge in [-0.3, -0.25) is 4.79 Å². The lowest BCUT2D eigenvalue weighted by Crippen LogP contribution is -1.88. The lowest BCUT2D eigenvalue weighted by atomic mass is 10.1. The summed E-state index contributed by atoms with van der Waals surface area (Å²) in [7, 11) is 0. The molecule has 2 aromatic rings. The number of nitrogens with zero attached hydrogens (tertiary/aromatic N) is 1. The second kappa shape index (κ2) is 3.67. The van der Waals surface area contributed by atoms with Gasteiger partial charge in [-0.25, -0.2) is 9.37 Å². The Kier molecular flexibility index (Phi) is 2.37. The number of rotatable bonds is 2. The van der Waals surface area contributed by atoms with Crippen LogP contribution in [0.2, 0.25) is 0 Å². The SMILES string of the molecule is O=Cc1ccc(-c2cscn2)cc1F. The molecule has 0 bridgehead atoms. The predicted octanol–water partition coefficient (Wildman–Crippen LogP) is 2.76. The van der Waals surface area contributed by atoms with Crippen molar-refractivity contribution in [3.8, 4) is 11.3 Å². The largest absolute Gasteiger partial charge is 0.298 e. The molecule has 0 aliphatic rings. The third-order valence-corrected chi connectivity index (χ3v) is 2.44. The normalized spacial score (nSPS) is 10.1. The van der Waals surface area contributed by atoms with E-state index in [-0.39, 0.29) is 5.56 Å². The first-order valence-corrected chi connectivity index (χ1v) is 4.89. The van der Waals surface area contributed by atoms with Gasteiger partial charge in [0.1, 0.15) is 5.82 Å². The summed E-state index contributed by atoms with van der Waals surface area (Å²) < 4.78 is 13.2. The van der Waals surface area contributed by atoms with Gasteiger partial charge < -0.3 is 0 Å². The van der Waals surface area contributed by atoms with Crippen LogP contribution in [0.1, 0.15) is 10.4 Å². The van der Waals surface area contributed by atoms with E-state index in [9.17, 15) is 9.18 Å². The fraction of sp³-hybridized carbons (Fsp3) is 0. The van der Waals surface area contributed by atoms with Crippen molar-refractivity contribution in [1.29, 1.82) is 0 Å². The van der Waals surface area contributed by atoms with Crippen molar-refractivity contribution in [3.63, 3.8) is 0 Å². The Balaban J connectivity index is 2.48. The molecule has 1 aromatic heterocycles. The highest BCUT2D eigenvalue weighted by atomic mass is 32.1. The summed E-state index contributed by atoms with van der Waals surface area (Å²) in [4.78, 5) is 14.4. The zero-order valence-corrected chi connectivity index (χ0v) is 7.92. The maximum Gasteiger partial charge on any atom is 0.152 e. The minimum atomic E-state index is -0.509. The zero-order valence-electron chi connectivity index (χ0n) is 7.11. The molecular formula is C10H6FNOS. The molecule has 0 N–H and O–H groups in total. The molecule has 14 heavy (non-hydrogen) atoms. The van der Waals surface area contributed by atoms with Gasteiger partial charge in [0.2, 0.25) is 0 Å². The van der Waals surface area contributed by atoms with E-state index < -0.39 is 5.82 Å². The summed E-state index contributed by atoms with van der Waals surface area (Å²) in [6.45, 7) is 0. The molecule has 0 amide bonds. The topological polar surface area (TPSA) is 30.0 Å². The van der Waals surface area contributed by atoms with Gasteiger partial charge in [0, 0.05) is 10.9 Å². The van der Waals surface area contributed by atoms with Crippen molar-refractivity contribution in [2.45, 2.75) is 0 Å². The first kappa shape index (κ1) is 9.02. The molecule has 2 nitrogen and oxygen atoms in total. The van der Waals surface area contributed by atoms with Gasteiger partial charge in [0.05, 0.1) is 16.8 Å². The Morgan fingerprint density at radius 2 is 2.29 bits per heavy atom. The maximum absolute atomic E-state index is 13.2. The molecule has 0 saturated carbocycles. The van der Waals surface area contributed by atoms with Gasteiger partial charge in [-0.2, -0.15) is 0 Å². The number of aldehydes is 1.